The lowest BCUT2D eigenvalue weighted by molar-refractivity contribution is 0.0527. The molecule has 5 nitrogen and oxygen atoms in total. The molecule has 3 aromatic rings. The Labute approximate surface area is 166 Å². The van der Waals surface area contributed by atoms with Crippen LogP contribution in [0.2, 0.25) is 0 Å². The molecule has 0 radical (unpaired) electrons. The number of benzene rings is 2. The monoisotopic (exact) mass is 428 g/mol. The van der Waals surface area contributed by atoms with Gasteiger partial charge in [0.15, 0.2) is 0 Å². The van der Waals surface area contributed by atoms with Crippen LogP contribution >= 0.6 is 15.9 Å². The van der Waals surface area contributed by atoms with Gasteiger partial charge in [-0.3, -0.25) is 4.98 Å². The van der Waals surface area contributed by atoms with Crippen LogP contribution in [0.3, 0.4) is 0 Å². The van der Waals surface area contributed by atoms with Crippen LogP contribution in [0.15, 0.2) is 53.1 Å². The third kappa shape index (κ3) is 4.57. The first-order valence-electron chi connectivity index (χ1n) is 8.77. The number of pyridine rings is 1. The van der Waals surface area contributed by atoms with Crippen LogP contribution in [0.1, 0.15) is 31.1 Å². The Hall–Kier alpha value is -2.60. The smallest absolute Gasteiger partial charge is 0.341 e. The van der Waals surface area contributed by atoms with E-state index in [0.717, 1.165) is 26.8 Å². The Balaban J connectivity index is 2.03. The number of hydrogen-bond donors (Lipinski definition) is 1. The predicted molar refractivity (Wildman–Crippen MR) is 111 cm³/mol. The average Bonchev–Trinajstić information content (AvgIpc) is 2.63. The summed E-state index contributed by atoms with van der Waals surface area (Å²) in [5, 5.41) is 4.18. The second-order valence-electron chi connectivity index (χ2n) is 6.24. The van der Waals surface area contributed by atoms with Crippen LogP contribution in [-0.4, -0.2) is 23.7 Å². The molecule has 27 heavy (non-hydrogen) atoms. The van der Waals surface area contributed by atoms with Crippen molar-refractivity contribution in [3.05, 3.63) is 58.7 Å². The zero-order chi connectivity index (χ0) is 19.4. The van der Waals surface area contributed by atoms with E-state index < -0.39 is 5.97 Å². The van der Waals surface area contributed by atoms with Crippen LogP contribution in [0.25, 0.3) is 10.9 Å². The number of nitrogens with one attached hydrogen (secondary N) is 1. The number of hydrogen-bond acceptors (Lipinski definition) is 5. The van der Waals surface area contributed by atoms with Crippen molar-refractivity contribution in [2.45, 2.75) is 26.9 Å². The first kappa shape index (κ1) is 19.2. The number of ether oxygens (including phenoxy) is 2. The van der Waals surface area contributed by atoms with Crippen molar-refractivity contribution in [1.29, 1.82) is 0 Å². The standard InChI is InChI=1S/C21H21BrN2O3/c1-4-26-21(25)18-12-23-19-10-5-14(22)11-17(19)20(18)24-15-6-8-16(9-7-15)27-13(2)3/h5-13H,4H2,1-3H3,(H,23,24). The number of carbonyl (C=O) groups is 1. The van der Waals surface area contributed by atoms with E-state index in [9.17, 15) is 4.79 Å². The number of carbonyl (C=O) groups excluding carboxylic acids is 1. The van der Waals surface area contributed by atoms with Crippen molar-refractivity contribution < 1.29 is 14.3 Å². The van der Waals surface area contributed by atoms with Crippen molar-refractivity contribution in [2.24, 2.45) is 0 Å². The number of nitrogens with zero attached hydrogens (tertiary/aromatic N) is 1. The molecule has 1 aromatic heterocycles. The van der Waals surface area contributed by atoms with Crippen molar-refractivity contribution in [3.8, 4) is 5.75 Å². The van der Waals surface area contributed by atoms with Gasteiger partial charge in [0, 0.05) is 21.7 Å². The van der Waals surface area contributed by atoms with E-state index in [1.165, 1.54) is 0 Å². The molecule has 0 aliphatic heterocycles. The Bertz CT molecular complexity index is 956. The molecule has 0 saturated carbocycles. The minimum atomic E-state index is -0.408. The lowest BCUT2D eigenvalue weighted by Crippen LogP contribution is -2.09. The average molecular weight is 429 g/mol. The molecule has 0 spiro atoms. The van der Waals surface area contributed by atoms with Crippen molar-refractivity contribution in [3.63, 3.8) is 0 Å². The quantitative estimate of drug-likeness (QED) is 0.509. The fourth-order valence-corrected chi connectivity index (χ4v) is 3.06. The van der Waals surface area contributed by atoms with Gasteiger partial charge in [0.05, 0.1) is 23.9 Å². The number of halogens is 1. The van der Waals surface area contributed by atoms with Gasteiger partial charge in [0.1, 0.15) is 11.3 Å². The summed E-state index contributed by atoms with van der Waals surface area (Å²) in [6, 6.07) is 13.4. The van der Waals surface area contributed by atoms with E-state index in [1.54, 1.807) is 13.1 Å². The minimum Gasteiger partial charge on any atom is -0.491 e. The molecule has 2 aromatic carbocycles. The maximum absolute atomic E-state index is 12.4. The number of anilines is 2. The van der Waals surface area contributed by atoms with Gasteiger partial charge in [0.25, 0.3) is 0 Å². The highest BCUT2D eigenvalue weighted by atomic mass is 79.9. The van der Waals surface area contributed by atoms with Gasteiger partial charge in [-0.25, -0.2) is 4.79 Å². The predicted octanol–water partition coefficient (Wildman–Crippen LogP) is 5.70. The second kappa shape index (κ2) is 8.39. The third-order valence-electron chi connectivity index (χ3n) is 3.82. The van der Waals surface area contributed by atoms with E-state index >= 15 is 0 Å². The van der Waals surface area contributed by atoms with Gasteiger partial charge in [-0.1, -0.05) is 15.9 Å². The Morgan fingerprint density at radius 2 is 1.93 bits per heavy atom. The molecule has 6 heteroatoms. The number of fused-ring (bicyclic) bond motifs is 1. The Kier molecular flexibility index (Phi) is 5.96. The summed E-state index contributed by atoms with van der Waals surface area (Å²) >= 11 is 3.49. The molecule has 0 aliphatic rings. The molecule has 0 saturated heterocycles. The van der Waals surface area contributed by atoms with E-state index in [-0.39, 0.29) is 6.10 Å². The fraction of sp³-hybridized carbons (Fsp3) is 0.238. The second-order valence-corrected chi connectivity index (χ2v) is 7.16. The molecule has 0 fully saturated rings. The van der Waals surface area contributed by atoms with Crippen LogP contribution in [-0.2, 0) is 4.74 Å². The first-order valence-corrected chi connectivity index (χ1v) is 9.56. The van der Waals surface area contributed by atoms with E-state index in [0.29, 0.717) is 17.9 Å². The highest BCUT2D eigenvalue weighted by Crippen LogP contribution is 2.32. The fourth-order valence-electron chi connectivity index (χ4n) is 2.70. The minimum absolute atomic E-state index is 0.112. The summed E-state index contributed by atoms with van der Waals surface area (Å²) in [6.45, 7) is 6.05. The third-order valence-corrected chi connectivity index (χ3v) is 4.31. The van der Waals surface area contributed by atoms with E-state index in [1.807, 2.05) is 56.3 Å². The van der Waals surface area contributed by atoms with Crippen molar-refractivity contribution in [2.75, 3.05) is 11.9 Å². The van der Waals surface area contributed by atoms with Crippen LogP contribution in [0.5, 0.6) is 5.75 Å². The van der Waals surface area contributed by atoms with Crippen molar-refractivity contribution >= 4 is 44.2 Å². The zero-order valence-electron chi connectivity index (χ0n) is 15.5. The SMILES string of the molecule is CCOC(=O)c1cnc2ccc(Br)cc2c1Nc1ccc(OC(C)C)cc1. The molecule has 0 bridgehead atoms. The largest absolute Gasteiger partial charge is 0.491 e. The van der Waals surface area contributed by atoms with Gasteiger partial charge < -0.3 is 14.8 Å². The van der Waals surface area contributed by atoms with Crippen LogP contribution in [0.4, 0.5) is 11.4 Å². The summed E-state index contributed by atoms with van der Waals surface area (Å²) in [7, 11) is 0. The maximum atomic E-state index is 12.4. The van der Waals surface area contributed by atoms with E-state index in [4.69, 9.17) is 9.47 Å². The molecule has 3 rings (SSSR count). The molecular weight excluding hydrogens is 408 g/mol. The molecule has 0 unspecified atom stereocenters. The normalized spacial score (nSPS) is 10.9. The highest BCUT2D eigenvalue weighted by Gasteiger charge is 2.17. The highest BCUT2D eigenvalue weighted by molar-refractivity contribution is 9.10. The maximum Gasteiger partial charge on any atom is 0.341 e. The summed E-state index contributed by atoms with van der Waals surface area (Å²) in [5.74, 6) is 0.387. The van der Waals surface area contributed by atoms with E-state index in [2.05, 4.69) is 26.2 Å². The van der Waals surface area contributed by atoms with Gasteiger partial charge in [0.2, 0.25) is 0 Å². The molecule has 1 N–H and O–H groups in total. The molecular formula is C21H21BrN2O3. The zero-order valence-corrected chi connectivity index (χ0v) is 17.0. The first-order chi connectivity index (χ1) is 13.0. The van der Waals surface area contributed by atoms with Crippen LogP contribution in [0, 0.1) is 0 Å². The van der Waals surface area contributed by atoms with Gasteiger partial charge in [-0.15, -0.1) is 0 Å². The molecule has 0 aliphatic carbocycles. The molecule has 0 amide bonds. The van der Waals surface area contributed by atoms with Gasteiger partial charge in [-0.05, 0) is 63.2 Å². The number of rotatable bonds is 6. The van der Waals surface area contributed by atoms with Gasteiger partial charge in [-0.2, -0.15) is 0 Å². The van der Waals surface area contributed by atoms with Crippen molar-refractivity contribution in [1.82, 2.24) is 4.98 Å². The number of esters is 1. The Morgan fingerprint density at radius 1 is 1.19 bits per heavy atom. The van der Waals surface area contributed by atoms with Gasteiger partial charge >= 0.3 is 5.97 Å². The Morgan fingerprint density at radius 3 is 2.59 bits per heavy atom. The molecule has 1 heterocycles. The topological polar surface area (TPSA) is 60.5 Å². The lowest BCUT2D eigenvalue weighted by atomic mass is 10.1. The lowest BCUT2D eigenvalue weighted by Gasteiger charge is -2.15. The van der Waals surface area contributed by atoms with Crippen LogP contribution < -0.4 is 10.1 Å². The molecule has 0 atom stereocenters. The molecule has 140 valence electrons. The summed E-state index contributed by atoms with van der Waals surface area (Å²) in [6.07, 6.45) is 1.66. The summed E-state index contributed by atoms with van der Waals surface area (Å²) in [4.78, 5) is 16.8. The number of aromatic nitrogens is 1. The summed E-state index contributed by atoms with van der Waals surface area (Å²) < 4.78 is 11.8. The summed E-state index contributed by atoms with van der Waals surface area (Å²) in [5.41, 5.74) is 2.68.